The van der Waals surface area contributed by atoms with Crippen molar-refractivity contribution in [2.45, 2.75) is 58.6 Å². The maximum atomic E-state index is 11.6. The molecule has 4 heteroatoms. The predicted octanol–water partition coefficient (Wildman–Crippen LogP) is 4.46. The van der Waals surface area contributed by atoms with E-state index in [1.165, 1.54) is 6.92 Å². The van der Waals surface area contributed by atoms with Gasteiger partial charge < -0.3 is 9.30 Å². The van der Waals surface area contributed by atoms with Gasteiger partial charge in [0.25, 0.3) is 0 Å². The van der Waals surface area contributed by atoms with Crippen LogP contribution in [0.1, 0.15) is 64.3 Å². The summed E-state index contributed by atoms with van der Waals surface area (Å²) >= 11 is 0. The Balaban J connectivity index is 2.49. The lowest BCUT2D eigenvalue weighted by Gasteiger charge is -2.33. The first-order chi connectivity index (χ1) is 11.0. The smallest absolute Gasteiger partial charge is 0.303 e. The molecule has 1 heterocycles. The Kier molecular flexibility index (Phi) is 5.59. The molecule has 2 aromatic rings. The van der Waals surface area contributed by atoms with Crippen molar-refractivity contribution in [1.29, 1.82) is 0 Å². The minimum Gasteiger partial charge on any atom is -0.451 e. The third-order valence-electron chi connectivity index (χ3n) is 4.45. The highest BCUT2D eigenvalue weighted by Gasteiger charge is 2.30. The van der Waals surface area contributed by atoms with Crippen molar-refractivity contribution in [3.05, 3.63) is 54.1 Å². The number of aromatic nitrogens is 2. The van der Waals surface area contributed by atoms with E-state index in [9.17, 15) is 4.79 Å². The molecule has 2 unspecified atom stereocenters. The van der Waals surface area contributed by atoms with Crippen LogP contribution in [0.2, 0.25) is 0 Å². The van der Waals surface area contributed by atoms with Gasteiger partial charge in [-0.25, -0.2) is 4.98 Å². The van der Waals surface area contributed by atoms with E-state index in [1.54, 1.807) is 0 Å². The number of benzene rings is 1. The summed E-state index contributed by atoms with van der Waals surface area (Å²) in [5.41, 5.74) is 1.84. The van der Waals surface area contributed by atoms with E-state index in [2.05, 4.69) is 30.3 Å². The second-order valence-corrected chi connectivity index (χ2v) is 6.19. The standard InChI is InChI=1S/C19H26N2O2/c1-5-12-19(4,6-2)21-14-20-13-17(21)18(23-15(3)22)16-10-8-7-9-11-16/h7-11,13-14,18H,5-6,12H2,1-4H3. The molecule has 0 amide bonds. The van der Waals surface area contributed by atoms with Crippen LogP contribution >= 0.6 is 0 Å². The fourth-order valence-electron chi connectivity index (χ4n) is 3.05. The summed E-state index contributed by atoms with van der Waals surface area (Å²) < 4.78 is 7.82. The number of carbonyl (C=O) groups excluding carboxylic acids is 1. The predicted molar refractivity (Wildman–Crippen MR) is 91.1 cm³/mol. The first-order valence-corrected chi connectivity index (χ1v) is 8.26. The van der Waals surface area contributed by atoms with E-state index >= 15 is 0 Å². The molecule has 124 valence electrons. The molecule has 0 fully saturated rings. The van der Waals surface area contributed by atoms with E-state index in [0.717, 1.165) is 30.5 Å². The molecule has 0 aliphatic carbocycles. The summed E-state index contributed by atoms with van der Waals surface area (Å²) in [6.07, 6.45) is 6.36. The Hall–Kier alpha value is -2.10. The minimum absolute atomic E-state index is 0.0340. The molecular weight excluding hydrogens is 288 g/mol. The average Bonchev–Trinajstić information content (AvgIpc) is 3.03. The average molecular weight is 314 g/mol. The monoisotopic (exact) mass is 314 g/mol. The highest BCUT2D eigenvalue weighted by molar-refractivity contribution is 5.66. The highest BCUT2D eigenvalue weighted by Crippen LogP contribution is 2.33. The summed E-state index contributed by atoms with van der Waals surface area (Å²) in [5.74, 6) is -0.291. The molecule has 0 saturated carbocycles. The molecular formula is C19H26N2O2. The quantitative estimate of drug-likeness (QED) is 0.709. The van der Waals surface area contributed by atoms with Gasteiger partial charge >= 0.3 is 5.97 Å². The largest absolute Gasteiger partial charge is 0.451 e. The van der Waals surface area contributed by atoms with Crippen molar-refractivity contribution in [1.82, 2.24) is 9.55 Å². The number of rotatable bonds is 7. The molecule has 2 rings (SSSR count). The van der Waals surface area contributed by atoms with Crippen molar-refractivity contribution in [3.8, 4) is 0 Å². The first kappa shape index (κ1) is 17.3. The third-order valence-corrected chi connectivity index (χ3v) is 4.45. The molecule has 4 nitrogen and oxygen atoms in total. The van der Waals surface area contributed by atoms with Gasteiger partial charge in [0.15, 0.2) is 6.10 Å². The molecule has 0 aliphatic rings. The Bertz CT molecular complexity index is 636. The van der Waals surface area contributed by atoms with E-state index < -0.39 is 6.10 Å². The third kappa shape index (κ3) is 3.81. The zero-order valence-corrected chi connectivity index (χ0v) is 14.5. The number of ether oxygens (including phenoxy) is 1. The molecule has 0 N–H and O–H groups in total. The van der Waals surface area contributed by atoms with Crippen LogP contribution in [0.4, 0.5) is 0 Å². The number of esters is 1. The Morgan fingerprint density at radius 2 is 2.00 bits per heavy atom. The number of nitrogens with zero attached hydrogens (tertiary/aromatic N) is 2. The molecule has 2 atom stereocenters. The van der Waals surface area contributed by atoms with Gasteiger partial charge in [-0.15, -0.1) is 0 Å². The van der Waals surface area contributed by atoms with Crippen LogP contribution in [0.15, 0.2) is 42.9 Å². The summed E-state index contributed by atoms with van der Waals surface area (Å²) in [6.45, 7) is 8.05. The highest BCUT2D eigenvalue weighted by atomic mass is 16.5. The zero-order valence-electron chi connectivity index (χ0n) is 14.5. The summed E-state index contributed by atoms with van der Waals surface area (Å²) in [7, 11) is 0. The number of carbonyl (C=O) groups is 1. The van der Waals surface area contributed by atoms with Gasteiger partial charge in [-0.3, -0.25) is 4.79 Å². The topological polar surface area (TPSA) is 44.1 Å². The van der Waals surface area contributed by atoms with Crippen LogP contribution in [0.5, 0.6) is 0 Å². The Labute approximate surface area is 138 Å². The fourth-order valence-corrected chi connectivity index (χ4v) is 3.05. The molecule has 0 bridgehead atoms. The summed E-state index contributed by atoms with van der Waals surface area (Å²) in [5, 5.41) is 0. The fraction of sp³-hybridized carbons (Fsp3) is 0.474. The van der Waals surface area contributed by atoms with Gasteiger partial charge in [0.1, 0.15) is 0 Å². The van der Waals surface area contributed by atoms with Crippen LogP contribution in [0, 0.1) is 0 Å². The molecule has 0 aliphatic heterocycles. The van der Waals surface area contributed by atoms with Crippen molar-refractivity contribution >= 4 is 5.97 Å². The van der Waals surface area contributed by atoms with E-state index in [0.29, 0.717) is 0 Å². The van der Waals surface area contributed by atoms with Crippen LogP contribution in [-0.2, 0) is 15.1 Å². The maximum absolute atomic E-state index is 11.6. The van der Waals surface area contributed by atoms with Gasteiger partial charge in [-0.1, -0.05) is 50.6 Å². The van der Waals surface area contributed by atoms with Gasteiger partial charge in [0.2, 0.25) is 0 Å². The lowest BCUT2D eigenvalue weighted by Crippen LogP contribution is -2.31. The van der Waals surface area contributed by atoms with Gasteiger partial charge in [-0.05, 0) is 25.3 Å². The Morgan fingerprint density at radius 1 is 1.30 bits per heavy atom. The lowest BCUT2D eigenvalue weighted by atomic mass is 9.91. The number of hydrogen-bond acceptors (Lipinski definition) is 3. The second kappa shape index (κ2) is 7.44. The summed E-state index contributed by atoms with van der Waals surface area (Å²) in [4.78, 5) is 16.0. The molecule has 23 heavy (non-hydrogen) atoms. The van der Waals surface area contributed by atoms with E-state index in [1.807, 2.05) is 42.9 Å². The van der Waals surface area contributed by atoms with Crippen molar-refractivity contribution in [3.63, 3.8) is 0 Å². The first-order valence-electron chi connectivity index (χ1n) is 8.26. The van der Waals surface area contributed by atoms with Gasteiger partial charge in [0.05, 0.1) is 18.2 Å². The molecule has 1 aromatic carbocycles. The van der Waals surface area contributed by atoms with Crippen molar-refractivity contribution in [2.75, 3.05) is 0 Å². The molecule has 0 spiro atoms. The number of imidazole rings is 1. The maximum Gasteiger partial charge on any atom is 0.303 e. The van der Waals surface area contributed by atoms with Crippen molar-refractivity contribution < 1.29 is 9.53 Å². The van der Waals surface area contributed by atoms with Crippen LogP contribution in [-0.4, -0.2) is 15.5 Å². The molecule has 1 aromatic heterocycles. The van der Waals surface area contributed by atoms with Crippen molar-refractivity contribution in [2.24, 2.45) is 0 Å². The normalized spacial score (nSPS) is 15.0. The summed E-state index contributed by atoms with van der Waals surface area (Å²) in [6, 6.07) is 9.83. The number of hydrogen-bond donors (Lipinski definition) is 0. The lowest BCUT2D eigenvalue weighted by molar-refractivity contribution is -0.145. The second-order valence-electron chi connectivity index (χ2n) is 6.19. The molecule has 0 radical (unpaired) electrons. The minimum atomic E-state index is -0.432. The molecule has 0 saturated heterocycles. The van der Waals surface area contributed by atoms with E-state index in [4.69, 9.17) is 4.74 Å². The van der Waals surface area contributed by atoms with Gasteiger partial charge in [-0.2, -0.15) is 0 Å². The zero-order chi connectivity index (χ0) is 16.9. The van der Waals surface area contributed by atoms with E-state index in [-0.39, 0.29) is 11.5 Å². The van der Waals surface area contributed by atoms with Crippen LogP contribution in [0.3, 0.4) is 0 Å². The van der Waals surface area contributed by atoms with Crippen LogP contribution in [0.25, 0.3) is 0 Å². The SMILES string of the molecule is CCCC(C)(CC)n1cncc1C(OC(C)=O)c1ccccc1. The Morgan fingerprint density at radius 3 is 2.57 bits per heavy atom. The van der Waals surface area contributed by atoms with Gasteiger partial charge in [0, 0.05) is 12.5 Å². The van der Waals surface area contributed by atoms with Crippen LogP contribution < -0.4 is 0 Å².